The van der Waals surface area contributed by atoms with Gasteiger partial charge in [-0.15, -0.1) is 11.3 Å². The summed E-state index contributed by atoms with van der Waals surface area (Å²) in [5, 5.41) is 3.68. The van der Waals surface area contributed by atoms with Crippen molar-refractivity contribution in [2.24, 2.45) is 0 Å². The average molecular weight is 394 g/mol. The fraction of sp³-hybridized carbons (Fsp3) is 0.235. The van der Waals surface area contributed by atoms with E-state index in [9.17, 15) is 8.42 Å². The molecular weight excluding hydrogens is 376 g/mol. The van der Waals surface area contributed by atoms with Crippen molar-refractivity contribution in [2.75, 3.05) is 18.9 Å². The minimum absolute atomic E-state index is 0.179. The molecule has 0 aliphatic carbocycles. The third-order valence-electron chi connectivity index (χ3n) is 3.76. The summed E-state index contributed by atoms with van der Waals surface area (Å²) in [6, 6.07) is 6.48. The third-order valence-corrected chi connectivity index (χ3v) is 6.46. The molecule has 26 heavy (non-hydrogen) atoms. The number of sulfonamides is 1. The monoisotopic (exact) mass is 394 g/mol. The Labute approximate surface area is 155 Å². The van der Waals surface area contributed by atoms with Gasteiger partial charge in [0.2, 0.25) is 0 Å². The molecule has 0 fully saturated rings. The molecule has 0 saturated heterocycles. The van der Waals surface area contributed by atoms with Crippen molar-refractivity contribution in [3.8, 4) is 22.8 Å². The van der Waals surface area contributed by atoms with Crippen LogP contribution in [-0.2, 0) is 10.0 Å². The molecular formula is C17H18N2O5S2. The van der Waals surface area contributed by atoms with Gasteiger partial charge in [-0.05, 0) is 13.8 Å². The van der Waals surface area contributed by atoms with Gasteiger partial charge in [0.15, 0.2) is 5.76 Å². The van der Waals surface area contributed by atoms with E-state index in [2.05, 4.69) is 9.88 Å². The van der Waals surface area contributed by atoms with Crippen LogP contribution in [0.3, 0.4) is 0 Å². The number of aryl methyl sites for hydroxylation is 2. The Morgan fingerprint density at radius 1 is 1.08 bits per heavy atom. The van der Waals surface area contributed by atoms with E-state index in [4.69, 9.17) is 14.0 Å². The molecule has 0 saturated carbocycles. The van der Waals surface area contributed by atoms with Crippen LogP contribution in [0.15, 0.2) is 39.9 Å². The van der Waals surface area contributed by atoms with Crippen molar-refractivity contribution in [3.63, 3.8) is 0 Å². The quantitative estimate of drug-likeness (QED) is 0.683. The van der Waals surface area contributed by atoms with Gasteiger partial charge in [-0.3, -0.25) is 4.72 Å². The van der Waals surface area contributed by atoms with Crippen LogP contribution in [0.4, 0.5) is 5.69 Å². The SMILES string of the molecule is COc1cc(NS(=O)(=O)c2c(C)sc(C)c2-c2ccno2)cc(OC)c1. The van der Waals surface area contributed by atoms with Crippen molar-refractivity contribution in [3.05, 3.63) is 40.2 Å². The van der Waals surface area contributed by atoms with Crippen LogP contribution in [0.5, 0.6) is 11.5 Å². The van der Waals surface area contributed by atoms with Crippen LogP contribution < -0.4 is 14.2 Å². The largest absolute Gasteiger partial charge is 0.497 e. The summed E-state index contributed by atoms with van der Waals surface area (Å²) in [5.74, 6) is 1.38. The molecule has 0 aliphatic rings. The van der Waals surface area contributed by atoms with E-state index >= 15 is 0 Å². The van der Waals surface area contributed by atoms with Crippen LogP contribution in [0, 0.1) is 13.8 Å². The predicted molar refractivity (Wildman–Crippen MR) is 99.6 cm³/mol. The Morgan fingerprint density at radius 3 is 2.27 bits per heavy atom. The van der Waals surface area contributed by atoms with Crippen molar-refractivity contribution >= 4 is 27.0 Å². The molecule has 1 N–H and O–H groups in total. The molecule has 138 valence electrons. The van der Waals surface area contributed by atoms with Gasteiger partial charge in [0.1, 0.15) is 16.4 Å². The van der Waals surface area contributed by atoms with E-state index < -0.39 is 10.0 Å². The Morgan fingerprint density at radius 2 is 1.73 bits per heavy atom. The van der Waals surface area contributed by atoms with E-state index in [1.165, 1.54) is 31.8 Å². The Balaban J connectivity index is 2.08. The summed E-state index contributed by atoms with van der Waals surface area (Å²) < 4.78 is 44.4. The lowest BCUT2D eigenvalue weighted by molar-refractivity contribution is 0.395. The van der Waals surface area contributed by atoms with Gasteiger partial charge in [0.05, 0.1) is 31.7 Å². The molecule has 0 radical (unpaired) electrons. The minimum Gasteiger partial charge on any atom is -0.497 e. The molecule has 0 spiro atoms. The standard InChI is InChI=1S/C17H18N2O5S2/c1-10-16(15-5-6-18-24-15)17(11(2)25-10)26(20,21)19-12-7-13(22-3)9-14(8-12)23-4/h5-9,19H,1-4H3. The second-order valence-electron chi connectivity index (χ2n) is 5.50. The first-order valence-corrected chi connectivity index (χ1v) is 9.92. The van der Waals surface area contributed by atoms with Crippen LogP contribution in [0.1, 0.15) is 9.75 Å². The van der Waals surface area contributed by atoms with Gasteiger partial charge in [-0.25, -0.2) is 8.42 Å². The summed E-state index contributed by atoms with van der Waals surface area (Å²) in [4.78, 5) is 1.68. The minimum atomic E-state index is -3.87. The number of aromatic nitrogens is 1. The Hall–Kier alpha value is -2.52. The third kappa shape index (κ3) is 3.40. The Kier molecular flexibility index (Phi) is 4.92. The normalized spacial score (nSPS) is 11.4. The maximum absolute atomic E-state index is 13.1. The summed E-state index contributed by atoms with van der Waals surface area (Å²) in [5.41, 5.74) is 0.861. The number of ether oxygens (including phenoxy) is 2. The topological polar surface area (TPSA) is 90.7 Å². The van der Waals surface area contributed by atoms with Crippen molar-refractivity contribution in [1.29, 1.82) is 0 Å². The molecule has 3 aromatic rings. The van der Waals surface area contributed by atoms with Gasteiger partial charge < -0.3 is 14.0 Å². The smallest absolute Gasteiger partial charge is 0.263 e. The average Bonchev–Trinajstić information content (AvgIpc) is 3.21. The summed E-state index contributed by atoms with van der Waals surface area (Å²) >= 11 is 1.39. The maximum Gasteiger partial charge on any atom is 0.263 e. The molecule has 1 aromatic carbocycles. The van der Waals surface area contributed by atoms with Crippen LogP contribution in [0.25, 0.3) is 11.3 Å². The van der Waals surface area contributed by atoms with Gasteiger partial charge in [-0.2, -0.15) is 0 Å². The molecule has 7 nitrogen and oxygen atoms in total. The lowest BCUT2D eigenvalue weighted by atomic mass is 10.2. The number of hydrogen-bond acceptors (Lipinski definition) is 7. The van der Waals surface area contributed by atoms with Crippen LogP contribution in [0.2, 0.25) is 0 Å². The van der Waals surface area contributed by atoms with E-state index in [1.807, 2.05) is 6.92 Å². The molecule has 0 amide bonds. The lowest BCUT2D eigenvalue weighted by Gasteiger charge is -2.12. The molecule has 0 aliphatic heterocycles. The van der Waals surface area contributed by atoms with Gasteiger partial charge in [0.25, 0.3) is 10.0 Å². The highest BCUT2D eigenvalue weighted by molar-refractivity contribution is 7.93. The number of benzene rings is 1. The fourth-order valence-corrected chi connectivity index (χ4v) is 5.60. The zero-order valence-electron chi connectivity index (χ0n) is 14.7. The first kappa shape index (κ1) is 18.3. The van der Waals surface area contributed by atoms with Gasteiger partial charge >= 0.3 is 0 Å². The molecule has 0 unspecified atom stereocenters. The molecule has 9 heteroatoms. The maximum atomic E-state index is 13.1. The van der Waals surface area contributed by atoms with Crippen LogP contribution >= 0.6 is 11.3 Å². The summed E-state index contributed by atoms with van der Waals surface area (Å²) in [6.45, 7) is 3.61. The Bertz CT molecular complexity index is 1000. The molecule has 3 rings (SSSR count). The molecule has 2 heterocycles. The van der Waals surface area contributed by atoms with Crippen molar-refractivity contribution < 1.29 is 22.4 Å². The lowest BCUT2D eigenvalue weighted by Crippen LogP contribution is -2.14. The number of rotatable bonds is 6. The number of thiophene rings is 1. The number of methoxy groups -OCH3 is 2. The van der Waals surface area contributed by atoms with Crippen LogP contribution in [-0.4, -0.2) is 27.8 Å². The van der Waals surface area contributed by atoms with E-state index in [-0.39, 0.29) is 4.90 Å². The van der Waals surface area contributed by atoms with E-state index in [0.717, 1.165) is 4.88 Å². The van der Waals surface area contributed by atoms with Crippen molar-refractivity contribution in [2.45, 2.75) is 18.7 Å². The number of nitrogens with zero attached hydrogens (tertiary/aromatic N) is 1. The first-order valence-electron chi connectivity index (χ1n) is 7.62. The number of nitrogens with one attached hydrogen (secondary N) is 1. The molecule has 0 atom stereocenters. The second kappa shape index (κ2) is 7.00. The number of anilines is 1. The zero-order chi connectivity index (χ0) is 18.9. The van der Waals surface area contributed by atoms with Gasteiger partial charge in [-0.1, -0.05) is 5.16 Å². The fourth-order valence-electron chi connectivity index (χ4n) is 2.69. The first-order chi connectivity index (χ1) is 12.4. The summed E-state index contributed by atoms with van der Waals surface area (Å²) in [6.07, 6.45) is 1.48. The summed E-state index contributed by atoms with van der Waals surface area (Å²) in [7, 11) is -0.865. The van der Waals surface area contributed by atoms with Gasteiger partial charge in [0, 0.05) is 34.0 Å². The highest BCUT2D eigenvalue weighted by atomic mass is 32.2. The van der Waals surface area contributed by atoms with E-state index in [1.54, 1.807) is 31.2 Å². The van der Waals surface area contributed by atoms with Crippen molar-refractivity contribution in [1.82, 2.24) is 5.16 Å². The predicted octanol–water partition coefficient (Wildman–Crippen LogP) is 3.84. The zero-order valence-corrected chi connectivity index (χ0v) is 16.3. The second-order valence-corrected chi connectivity index (χ2v) is 8.55. The highest BCUT2D eigenvalue weighted by Crippen LogP contribution is 2.40. The highest BCUT2D eigenvalue weighted by Gasteiger charge is 2.28. The van der Waals surface area contributed by atoms with E-state index in [0.29, 0.717) is 33.4 Å². The molecule has 2 aromatic heterocycles. The number of hydrogen-bond donors (Lipinski definition) is 1. The molecule has 0 bridgehead atoms.